The fourth-order valence-corrected chi connectivity index (χ4v) is 4.86. The van der Waals surface area contributed by atoms with E-state index in [9.17, 15) is 4.79 Å². The molecule has 0 bridgehead atoms. The summed E-state index contributed by atoms with van der Waals surface area (Å²) in [7, 11) is 1.41. The maximum Gasteiger partial charge on any atom is 0.293 e. The van der Waals surface area contributed by atoms with Crippen LogP contribution < -0.4 is 15.7 Å². The van der Waals surface area contributed by atoms with E-state index in [1.165, 1.54) is 25.5 Å². The Kier molecular flexibility index (Phi) is 6.41. The lowest BCUT2D eigenvalue weighted by Gasteiger charge is -2.15. The van der Waals surface area contributed by atoms with Crippen molar-refractivity contribution >= 4 is 45.9 Å². The molecular formula is C25H23Cl2N5O2. The van der Waals surface area contributed by atoms with Gasteiger partial charge in [-0.1, -0.05) is 41.4 Å². The minimum absolute atomic E-state index is 0.308. The first-order valence-electron chi connectivity index (χ1n) is 11.0. The van der Waals surface area contributed by atoms with Gasteiger partial charge in [0.25, 0.3) is 5.56 Å². The average molecular weight is 496 g/mol. The number of aromatic nitrogens is 3. The molecule has 1 aliphatic heterocycles. The molecule has 2 aromatic heterocycles. The van der Waals surface area contributed by atoms with Crippen molar-refractivity contribution in [2.45, 2.75) is 19.4 Å². The number of nitrogens with zero attached hydrogens (tertiary/aromatic N) is 4. The van der Waals surface area contributed by atoms with Crippen LogP contribution in [-0.4, -0.2) is 39.8 Å². The predicted octanol–water partition coefficient (Wildman–Crippen LogP) is 5.16. The lowest BCUT2D eigenvalue weighted by Crippen LogP contribution is -2.27. The first-order chi connectivity index (χ1) is 16.5. The van der Waals surface area contributed by atoms with E-state index in [1.54, 1.807) is 30.5 Å². The molecule has 0 atom stereocenters. The van der Waals surface area contributed by atoms with E-state index < -0.39 is 5.56 Å². The number of hydrogen-bond acceptors (Lipinski definition) is 6. The molecule has 4 aromatic rings. The van der Waals surface area contributed by atoms with Crippen molar-refractivity contribution in [3.8, 4) is 11.1 Å². The van der Waals surface area contributed by atoms with E-state index in [-0.39, 0.29) is 0 Å². The largest absolute Gasteiger partial charge is 0.412 e. The zero-order valence-electron chi connectivity index (χ0n) is 18.6. The summed E-state index contributed by atoms with van der Waals surface area (Å²) in [6, 6.07) is 15.0. The van der Waals surface area contributed by atoms with Crippen molar-refractivity contribution in [1.82, 2.24) is 19.6 Å². The van der Waals surface area contributed by atoms with Crippen LogP contribution in [0.4, 0.5) is 11.6 Å². The molecule has 1 fully saturated rings. The fraction of sp³-hybridized carbons (Fsp3) is 0.240. The molecule has 0 aliphatic carbocycles. The summed E-state index contributed by atoms with van der Waals surface area (Å²) in [5.74, 6) is 0.355. The first kappa shape index (κ1) is 22.7. The Bertz CT molecular complexity index is 1380. The number of rotatable bonds is 6. The molecular weight excluding hydrogens is 473 g/mol. The Morgan fingerprint density at radius 1 is 1.06 bits per heavy atom. The van der Waals surface area contributed by atoms with Gasteiger partial charge in [0.15, 0.2) is 5.65 Å². The number of fused-ring (bicyclic) bond motifs is 1. The van der Waals surface area contributed by atoms with Crippen molar-refractivity contribution < 1.29 is 4.84 Å². The van der Waals surface area contributed by atoms with Gasteiger partial charge in [0.2, 0.25) is 5.95 Å². The number of hydrogen-bond donors (Lipinski definition) is 1. The second kappa shape index (κ2) is 9.62. The van der Waals surface area contributed by atoms with Gasteiger partial charge in [0.1, 0.15) is 7.11 Å². The smallest absolute Gasteiger partial charge is 0.293 e. The molecule has 1 saturated heterocycles. The van der Waals surface area contributed by atoms with Crippen LogP contribution in [0, 0.1) is 0 Å². The number of pyridine rings is 1. The van der Waals surface area contributed by atoms with E-state index >= 15 is 0 Å². The van der Waals surface area contributed by atoms with Crippen LogP contribution in [0.5, 0.6) is 0 Å². The van der Waals surface area contributed by atoms with Gasteiger partial charge >= 0.3 is 0 Å². The van der Waals surface area contributed by atoms with Gasteiger partial charge in [-0.05, 0) is 61.8 Å². The van der Waals surface area contributed by atoms with Crippen molar-refractivity contribution in [3.05, 3.63) is 80.7 Å². The highest BCUT2D eigenvalue weighted by Gasteiger charge is 2.18. The van der Waals surface area contributed by atoms with E-state index in [2.05, 4.69) is 32.3 Å². The maximum atomic E-state index is 13.2. The number of benzene rings is 2. The van der Waals surface area contributed by atoms with Gasteiger partial charge in [-0.3, -0.25) is 9.69 Å². The minimum Gasteiger partial charge on any atom is -0.412 e. The summed E-state index contributed by atoms with van der Waals surface area (Å²) in [4.78, 5) is 30.0. The molecule has 0 radical (unpaired) electrons. The van der Waals surface area contributed by atoms with Crippen molar-refractivity contribution in [2.75, 3.05) is 25.5 Å². The highest BCUT2D eigenvalue weighted by atomic mass is 35.5. The monoisotopic (exact) mass is 495 g/mol. The van der Waals surface area contributed by atoms with Crippen LogP contribution in [-0.2, 0) is 6.54 Å². The summed E-state index contributed by atoms with van der Waals surface area (Å²) < 4.78 is 1.12. The van der Waals surface area contributed by atoms with Crippen molar-refractivity contribution in [1.29, 1.82) is 0 Å². The van der Waals surface area contributed by atoms with Gasteiger partial charge in [0, 0.05) is 29.4 Å². The normalized spacial score (nSPS) is 14.0. The average Bonchev–Trinajstić information content (AvgIpc) is 3.34. The molecule has 1 N–H and O–H groups in total. The van der Waals surface area contributed by atoms with Crippen molar-refractivity contribution in [3.63, 3.8) is 0 Å². The van der Waals surface area contributed by atoms with Gasteiger partial charge < -0.3 is 10.2 Å². The van der Waals surface area contributed by atoms with Crippen LogP contribution in [0.1, 0.15) is 18.4 Å². The summed E-state index contributed by atoms with van der Waals surface area (Å²) in [5, 5.41) is 4.56. The summed E-state index contributed by atoms with van der Waals surface area (Å²) >= 11 is 12.7. The molecule has 1 aliphatic rings. The first-order valence-corrected chi connectivity index (χ1v) is 11.8. The molecule has 0 unspecified atom stereocenters. The molecule has 2 aromatic carbocycles. The lowest BCUT2D eigenvalue weighted by molar-refractivity contribution is 0.168. The molecule has 0 amide bonds. The number of likely N-dealkylation sites (tertiary alicyclic amines) is 1. The zero-order valence-corrected chi connectivity index (χ0v) is 20.1. The number of anilines is 2. The molecule has 0 spiro atoms. The third-order valence-corrected chi connectivity index (χ3v) is 6.56. The molecule has 3 heterocycles. The fourth-order valence-electron chi connectivity index (χ4n) is 4.25. The molecule has 5 rings (SSSR count). The lowest BCUT2D eigenvalue weighted by atomic mass is 10.1. The number of nitrogens with one attached hydrogen (secondary N) is 1. The molecule has 34 heavy (non-hydrogen) atoms. The Hall–Kier alpha value is -3.13. The Morgan fingerprint density at radius 3 is 2.44 bits per heavy atom. The van der Waals surface area contributed by atoms with Gasteiger partial charge in [-0.15, -0.1) is 4.73 Å². The highest BCUT2D eigenvalue weighted by molar-refractivity contribution is 6.39. The van der Waals surface area contributed by atoms with Gasteiger partial charge in [0.05, 0.1) is 15.6 Å². The van der Waals surface area contributed by atoms with E-state index in [0.29, 0.717) is 38.2 Å². The zero-order chi connectivity index (χ0) is 23.7. The maximum absolute atomic E-state index is 13.2. The molecule has 7 nitrogen and oxygen atoms in total. The van der Waals surface area contributed by atoms with E-state index in [1.807, 2.05) is 12.1 Å². The van der Waals surface area contributed by atoms with E-state index in [4.69, 9.17) is 28.0 Å². The quantitative estimate of drug-likeness (QED) is 0.398. The minimum atomic E-state index is -0.416. The second-order valence-corrected chi connectivity index (χ2v) is 9.03. The van der Waals surface area contributed by atoms with Crippen LogP contribution >= 0.6 is 23.2 Å². The Labute approximate surface area is 206 Å². The van der Waals surface area contributed by atoms with Crippen LogP contribution in [0.25, 0.3) is 22.2 Å². The Balaban J connectivity index is 1.46. The SMILES string of the molecule is COn1c(=O)c(-c2c(Cl)cccc2Cl)cc2cnc(Nc3ccc(CN4CCCC4)cc3)nc21. The molecule has 9 heteroatoms. The van der Waals surface area contributed by atoms with Crippen LogP contribution in [0.3, 0.4) is 0 Å². The number of halogens is 2. The van der Waals surface area contributed by atoms with Gasteiger partial charge in [-0.25, -0.2) is 4.98 Å². The summed E-state index contributed by atoms with van der Waals surface area (Å²) in [5.41, 5.74) is 2.80. The highest BCUT2D eigenvalue weighted by Crippen LogP contribution is 2.33. The molecule has 174 valence electrons. The van der Waals surface area contributed by atoms with Gasteiger partial charge in [-0.2, -0.15) is 4.98 Å². The third-order valence-electron chi connectivity index (χ3n) is 5.93. The molecule has 0 saturated carbocycles. The summed E-state index contributed by atoms with van der Waals surface area (Å²) in [6.07, 6.45) is 4.19. The summed E-state index contributed by atoms with van der Waals surface area (Å²) in [6.45, 7) is 3.29. The third kappa shape index (κ3) is 4.46. The van der Waals surface area contributed by atoms with E-state index in [0.717, 1.165) is 30.1 Å². The van der Waals surface area contributed by atoms with Crippen LogP contribution in [0.2, 0.25) is 10.0 Å². The predicted molar refractivity (Wildman–Crippen MR) is 136 cm³/mol. The standard InChI is InChI=1S/C25H23Cl2N5O2/c1-34-32-23-17(13-19(24(32)33)22-20(26)5-4-6-21(22)27)14-28-25(30-23)29-18-9-7-16(8-10-18)15-31-11-2-3-12-31/h4-10,13-14H,2-3,11-12,15H2,1H3,(H,28,29,30). The Morgan fingerprint density at radius 2 is 1.76 bits per heavy atom. The topological polar surface area (TPSA) is 72.3 Å². The van der Waals surface area contributed by atoms with Crippen molar-refractivity contribution in [2.24, 2.45) is 0 Å². The second-order valence-electron chi connectivity index (χ2n) is 8.21. The van der Waals surface area contributed by atoms with Crippen LogP contribution in [0.15, 0.2) is 59.5 Å².